The minimum Gasteiger partial charge on any atom is -0.460 e. The number of allylic oxidation sites excluding steroid dienone is 6. The van der Waals surface area contributed by atoms with Crippen LogP contribution >= 0.6 is 0 Å². The summed E-state index contributed by atoms with van der Waals surface area (Å²) in [4.78, 5) is 72.3. The van der Waals surface area contributed by atoms with Crippen LogP contribution in [-0.4, -0.2) is 142 Å². The van der Waals surface area contributed by atoms with Crippen molar-refractivity contribution in [3.8, 4) is 0 Å². The first-order chi connectivity index (χ1) is 32.5. The molecule has 17 nitrogen and oxygen atoms in total. The van der Waals surface area contributed by atoms with Gasteiger partial charge in [-0.2, -0.15) is 0 Å². The van der Waals surface area contributed by atoms with Crippen molar-refractivity contribution in [3.63, 3.8) is 0 Å². The smallest absolute Gasteiger partial charge is 0.329 e. The molecular formula is C51H75N5O12. The van der Waals surface area contributed by atoms with Crippen LogP contribution in [0.25, 0.3) is 0 Å². The van der Waals surface area contributed by atoms with Gasteiger partial charge in [0.15, 0.2) is 5.78 Å². The molecule has 1 aromatic heterocycles. The number of aromatic nitrogens is 4. The van der Waals surface area contributed by atoms with Crippen molar-refractivity contribution in [1.29, 1.82) is 0 Å². The van der Waals surface area contributed by atoms with Gasteiger partial charge in [-0.05, 0) is 117 Å². The van der Waals surface area contributed by atoms with Gasteiger partial charge in [-0.15, -0.1) is 5.10 Å². The van der Waals surface area contributed by atoms with E-state index in [0.717, 1.165) is 18.4 Å². The highest BCUT2D eigenvalue weighted by atomic mass is 16.6. The second-order valence-corrected chi connectivity index (χ2v) is 20.1. The van der Waals surface area contributed by atoms with Crippen LogP contribution in [-0.2, 0) is 52.4 Å². The molecule has 5 aliphatic rings. The van der Waals surface area contributed by atoms with Crippen molar-refractivity contribution in [2.75, 3.05) is 27.9 Å². The molecule has 17 heteroatoms. The maximum absolute atomic E-state index is 14.5. The summed E-state index contributed by atoms with van der Waals surface area (Å²) in [5.74, 6) is -7.08. The SMILES string of the molecule is COC1C(=O)C2CC(C)/C=C/C=C/C=C(\C)[C@@H](OC)C[C@@H]3CC[C@@H](C)[C@@](O)(O3)C(=O)C(=O)N3CCCC[C@H]3C(=O)O[C@H](C(C)CC3CC[C@H](n4cnnn4)C(OC)C3)CC(=O)[C@H](C)/C=C(\C)[C@H]1O2. The highest BCUT2D eigenvalue weighted by Gasteiger charge is 2.53. The zero-order valence-electron chi connectivity index (χ0n) is 41.5. The Morgan fingerprint density at radius 3 is 2.38 bits per heavy atom. The molecule has 0 spiro atoms. The van der Waals surface area contributed by atoms with E-state index in [2.05, 4.69) is 15.5 Å². The van der Waals surface area contributed by atoms with Gasteiger partial charge in [-0.3, -0.25) is 19.2 Å². The minimum absolute atomic E-state index is 0.0128. The molecule has 4 fully saturated rings. The van der Waals surface area contributed by atoms with Crippen molar-refractivity contribution in [2.45, 2.75) is 179 Å². The number of nitrogens with zero attached hydrogens (tertiary/aromatic N) is 5. The van der Waals surface area contributed by atoms with E-state index in [1.54, 1.807) is 45.2 Å². The van der Waals surface area contributed by atoms with Crippen LogP contribution in [0, 0.1) is 29.6 Å². The molecule has 68 heavy (non-hydrogen) atoms. The third-order valence-electron chi connectivity index (χ3n) is 15.2. The van der Waals surface area contributed by atoms with Gasteiger partial charge in [0.1, 0.15) is 42.6 Å². The van der Waals surface area contributed by atoms with Crippen LogP contribution in [0.5, 0.6) is 0 Å². The zero-order chi connectivity index (χ0) is 49.3. The quantitative estimate of drug-likeness (QED) is 0.194. The fourth-order valence-corrected chi connectivity index (χ4v) is 10.9. The number of ketones is 3. The van der Waals surface area contributed by atoms with Gasteiger partial charge < -0.3 is 38.4 Å². The second kappa shape index (κ2) is 24.0. The summed E-state index contributed by atoms with van der Waals surface area (Å²) in [6.07, 6.45) is 14.6. The van der Waals surface area contributed by atoms with E-state index in [9.17, 15) is 29.1 Å². The Morgan fingerprint density at radius 2 is 1.68 bits per heavy atom. The van der Waals surface area contributed by atoms with Crippen LogP contribution in [0.2, 0.25) is 0 Å². The number of carbonyl (C=O) groups is 5. The Labute approximate surface area is 401 Å². The first-order valence-corrected chi connectivity index (χ1v) is 24.7. The van der Waals surface area contributed by atoms with E-state index in [1.165, 1.54) is 12.0 Å². The number of ether oxygens (including phenoxy) is 6. The minimum atomic E-state index is -2.42. The summed E-state index contributed by atoms with van der Waals surface area (Å²) in [5.41, 5.74) is 1.57. The first kappa shape index (κ1) is 53.1. The summed E-state index contributed by atoms with van der Waals surface area (Å²) in [6.45, 7) is 11.3. The average Bonchev–Trinajstić information content (AvgIpc) is 3.98. The largest absolute Gasteiger partial charge is 0.460 e. The number of hydrogen-bond acceptors (Lipinski definition) is 15. The lowest BCUT2D eigenvalue weighted by molar-refractivity contribution is -0.265. The molecule has 5 heterocycles. The fourth-order valence-electron chi connectivity index (χ4n) is 10.9. The summed E-state index contributed by atoms with van der Waals surface area (Å²) in [6, 6.07) is -1.16. The van der Waals surface area contributed by atoms with Crippen molar-refractivity contribution in [3.05, 3.63) is 53.9 Å². The fraction of sp³-hybridized carbons (Fsp3) is 0.725. The number of esters is 1. The van der Waals surface area contributed by atoms with Gasteiger partial charge in [-0.1, -0.05) is 64.2 Å². The predicted molar refractivity (Wildman–Crippen MR) is 249 cm³/mol. The lowest BCUT2D eigenvalue weighted by Crippen LogP contribution is -2.61. The maximum Gasteiger partial charge on any atom is 0.329 e. The number of carbonyl (C=O) groups excluding carboxylic acids is 5. The molecule has 1 amide bonds. The molecular weight excluding hydrogens is 875 g/mol. The Bertz CT molecular complexity index is 2040. The van der Waals surface area contributed by atoms with Crippen molar-refractivity contribution in [1.82, 2.24) is 25.1 Å². The summed E-state index contributed by atoms with van der Waals surface area (Å²) < 4.78 is 38.1. The first-order valence-electron chi connectivity index (χ1n) is 24.7. The molecule has 0 radical (unpaired) electrons. The monoisotopic (exact) mass is 950 g/mol. The summed E-state index contributed by atoms with van der Waals surface area (Å²) in [5, 5.41) is 23.7. The molecule has 0 aromatic carbocycles. The van der Waals surface area contributed by atoms with Crippen LogP contribution < -0.4 is 0 Å². The molecule has 3 saturated heterocycles. The van der Waals surface area contributed by atoms with Gasteiger partial charge in [0.2, 0.25) is 5.79 Å². The van der Waals surface area contributed by atoms with Crippen molar-refractivity contribution in [2.24, 2.45) is 29.6 Å². The third kappa shape index (κ3) is 12.5. The Hall–Kier alpha value is -4.26. The van der Waals surface area contributed by atoms with Crippen LogP contribution in [0.3, 0.4) is 0 Å². The van der Waals surface area contributed by atoms with Gasteiger partial charge in [-0.25, -0.2) is 9.48 Å². The lowest BCUT2D eigenvalue weighted by Gasteiger charge is -2.42. The number of piperidine rings is 1. The second-order valence-electron chi connectivity index (χ2n) is 20.1. The maximum atomic E-state index is 14.5. The van der Waals surface area contributed by atoms with Gasteiger partial charge in [0.05, 0.1) is 24.4 Å². The average molecular weight is 950 g/mol. The molecule has 1 N–H and O–H groups in total. The number of fused-ring (bicyclic) bond motifs is 5. The standard InChI is InChI=1S/C51H75N5O12/c1-30-15-11-10-12-16-31(2)41(63-7)27-37-20-18-35(6)51(62,68-37)48(59)49(60)55-22-14-13-17-39(55)50(61)67-42(33(4)25-36-19-21-38(43(26-36)64-8)56-29-52-53-54-56)28-40(57)32(3)24-34(5)46-47(65-9)45(58)44(23-30)66-46/h10-12,15-16,24,29-30,32-33,35-39,41-44,46-47,62H,13-14,17-23,25-28H2,1-9H3/b12-10+,15-11+,31-16+,34-24+/t30?,32-,33?,35-,36?,37+,38+,39+,41+,42+,43?,44?,46-,47?,51-/m1/s1. The molecule has 376 valence electrons. The van der Waals surface area contributed by atoms with Crippen LogP contribution in [0.15, 0.2) is 53.9 Å². The molecule has 15 atom stereocenters. The number of aliphatic hydroxyl groups is 1. The Kier molecular flexibility index (Phi) is 18.8. The molecule has 1 saturated carbocycles. The third-order valence-corrected chi connectivity index (χ3v) is 15.2. The van der Waals surface area contributed by atoms with Gasteiger partial charge >= 0.3 is 5.97 Å². The molecule has 4 bridgehead atoms. The number of rotatable bonds is 7. The van der Waals surface area contributed by atoms with E-state index in [-0.39, 0.29) is 60.9 Å². The van der Waals surface area contributed by atoms with E-state index in [4.69, 9.17) is 28.4 Å². The Balaban J connectivity index is 1.30. The molecule has 1 aliphatic carbocycles. The van der Waals surface area contributed by atoms with Crippen molar-refractivity contribution >= 4 is 29.2 Å². The number of tetrazole rings is 1. The van der Waals surface area contributed by atoms with E-state index < -0.39 is 77.9 Å². The summed E-state index contributed by atoms with van der Waals surface area (Å²) >= 11 is 0. The van der Waals surface area contributed by atoms with Gasteiger partial charge in [0.25, 0.3) is 11.7 Å². The Morgan fingerprint density at radius 1 is 0.897 bits per heavy atom. The van der Waals surface area contributed by atoms with Crippen LogP contribution in [0.1, 0.15) is 125 Å². The number of amides is 1. The van der Waals surface area contributed by atoms with E-state index in [0.29, 0.717) is 56.9 Å². The van der Waals surface area contributed by atoms with Crippen LogP contribution in [0.4, 0.5) is 0 Å². The van der Waals surface area contributed by atoms with E-state index >= 15 is 0 Å². The normalized spacial score (nSPS) is 39.6. The molecule has 6 unspecified atom stereocenters. The lowest BCUT2D eigenvalue weighted by atomic mass is 9.77. The number of methoxy groups -OCH3 is 3. The molecule has 4 aliphatic heterocycles. The number of Topliss-reactive ketones (excluding diaryl/α,β-unsaturated/α-hetero) is 3. The number of hydrogen-bond donors (Lipinski definition) is 1. The topological polar surface area (TPSA) is 208 Å². The summed E-state index contributed by atoms with van der Waals surface area (Å²) in [7, 11) is 4.74. The molecule has 6 rings (SSSR count). The highest BCUT2D eigenvalue weighted by molar-refractivity contribution is 6.39. The number of cyclic esters (lactones) is 1. The van der Waals surface area contributed by atoms with Gasteiger partial charge in [0, 0.05) is 52.6 Å². The van der Waals surface area contributed by atoms with E-state index in [1.807, 2.05) is 58.1 Å². The zero-order valence-corrected chi connectivity index (χ0v) is 41.5. The molecule has 1 aromatic rings. The predicted octanol–water partition coefficient (Wildman–Crippen LogP) is 5.82. The highest BCUT2D eigenvalue weighted by Crippen LogP contribution is 2.40. The van der Waals surface area contributed by atoms with Crippen molar-refractivity contribution < 1.29 is 57.5 Å².